The molecule has 24 heavy (non-hydrogen) atoms. The largest absolute Gasteiger partial charge is 0.320 e. The Labute approximate surface area is 140 Å². The normalized spacial score (nSPS) is 9.92. The van der Waals surface area contributed by atoms with Crippen molar-refractivity contribution >= 4 is 11.6 Å². The van der Waals surface area contributed by atoms with Gasteiger partial charge in [0.2, 0.25) is 0 Å². The number of rotatable bonds is 2. The molecule has 0 unspecified atom stereocenters. The monoisotopic (exact) mass is 316 g/mol. The van der Waals surface area contributed by atoms with Crippen LogP contribution in [0.5, 0.6) is 0 Å². The Morgan fingerprint density at radius 2 is 1.96 bits per heavy atom. The zero-order valence-electron chi connectivity index (χ0n) is 13.4. The molecule has 5 heteroatoms. The van der Waals surface area contributed by atoms with Gasteiger partial charge < -0.3 is 5.32 Å². The summed E-state index contributed by atoms with van der Waals surface area (Å²) >= 11 is 0. The van der Waals surface area contributed by atoms with Crippen molar-refractivity contribution in [3.8, 4) is 11.8 Å². The lowest BCUT2D eigenvalue weighted by Gasteiger charge is -2.08. The van der Waals surface area contributed by atoms with Gasteiger partial charge in [-0.1, -0.05) is 11.8 Å². The molecule has 0 fully saturated rings. The van der Waals surface area contributed by atoms with Crippen LogP contribution in [0.3, 0.4) is 0 Å². The molecule has 0 atom stereocenters. The highest BCUT2D eigenvalue weighted by Gasteiger charge is 2.11. The van der Waals surface area contributed by atoms with Crippen molar-refractivity contribution in [2.75, 3.05) is 5.32 Å². The van der Waals surface area contributed by atoms with Gasteiger partial charge in [0.05, 0.1) is 0 Å². The molecule has 0 saturated carbocycles. The molecule has 2 heterocycles. The molecule has 0 saturated heterocycles. The van der Waals surface area contributed by atoms with Crippen LogP contribution in [0, 0.1) is 18.8 Å². The Bertz CT molecular complexity index is 933. The molecule has 118 valence electrons. The van der Waals surface area contributed by atoms with Crippen LogP contribution in [0.1, 0.15) is 27.2 Å². The van der Waals surface area contributed by atoms with Crippen molar-refractivity contribution in [2.24, 2.45) is 7.05 Å². The fraction of sp³-hybridized carbons (Fsp3) is 0.105. The molecule has 1 aromatic carbocycles. The van der Waals surface area contributed by atoms with E-state index in [0.717, 1.165) is 22.4 Å². The van der Waals surface area contributed by atoms with Crippen LogP contribution in [0.2, 0.25) is 0 Å². The van der Waals surface area contributed by atoms with Crippen molar-refractivity contribution in [1.82, 2.24) is 14.8 Å². The lowest BCUT2D eigenvalue weighted by molar-refractivity contribution is 0.101. The number of carbonyl (C=O) groups is 1. The first-order valence-corrected chi connectivity index (χ1v) is 7.45. The maximum Gasteiger partial charge on any atom is 0.273 e. The third kappa shape index (κ3) is 3.50. The first-order valence-electron chi connectivity index (χ1n) is 7.45. The van der Waals surface area contributed by atoms with E-state index in [0.29, 0.717) is 5.69 Å². The summed E-state index contributed by atoms with van der Waals surface area (Å²) in [6.07, 6.45) is 5.04. The summed E-state index contributed by atoms with van der Waals surface area (Å²) in [5, 5.41) is 6.90. The second-order valence-electron chi connectivity index (χ2n) is 5.32. The highest BCUT2D eigenvalue weighted by Crippen LogP contribution is 2.17. The molecule has 3 rings (SSSR count). The third-order valence-corrected chi connectivity index (χ3v) is 3.54. The average molecular weight is 316 g/mol. The summed E-state index contributed by atoms with van der Waals surface area (Å²) in [6.45, 7) is 1.94. The van der Waals surface area contributed by atoms with E-state index in [-0.39, 0.29) is 5.91 Å². The molecule has 1 amide bonds. The summed E-state index contributed by atoms with van der Waals surface area (Å²) in [5.41, 5.74) is 3.96. The first kappa shape index (κ1) is 15.5. The van der Waals surface area contributed by atoms with Gasteiger partial charge in [0.25, 0.3) is 5.91 Å². The number of pyridine rings is 1. The molecule has 5 nitrogen and oxygen atoms in total. The van der Waals surface area contributed by atoms with Gasteiger partial charge in [0, 0.05) is 42.5 Å². The number of hydrogen-bond donors (Lipinski definition) is 1. The fourth-order valence-electron chi connectivity index (χ4n) is 2.25. The lowest BCUT2D eigenvalue weighted by atomic mass is 10.1. The summed E-state index contributed by atoms with van der Waals surface area (Å²) in [4.78, 5) is 16.3. The summed E-state index contributed by atoms with van der Waals surface area (Å²) in [6, 6.07) is 11.1. The van der Waals surface area contributed by atoms with Crippen molar-refractivity contribution in [2.45, 2.75) is 6.92 Å². The number of aryl methyl sites for hydroxylation is 2. The van der Waals surface area contributed by atoms with Crippen LogP contribution >= 0.6 is 0 Å². The second-order valence-corrected chi connectivity index (χ2v) is 5.32. The highest BCUT2D eigenvalue weighted by molar-refractivity contribution is 6.03. The predicted molar refractivity (Wildman–Crippen MR) is 92.6 cm³/mol. The second kappa shape index (κ2) is 6.80. The highest BCUT2D eigenvalue weighted by atomic mass is 16.2. The van der Waals surface area contributed by atoms with Gasteiger partial charge in [-0.25, -0.2) is 0 Å². The van der Waals surface area contributed by atoms with E-state index in [9.17, 15) is 4.79 Å². The SMILES string of the molecule is Cc1cc(C#Cc2cccnc2)ccc1NC(=O)c1ccnn1C. The topological polar surface area (TPSA) is 59.8 Å². The van der Waals surface area contributed by atoms with Crippen LogP contribution in [-0.4, -0.2) is 20.7 Å². The van der Waals surface area contributed by atoms with E-state index in [1.807, 2.05) is 37.3 Å². The van der Waals surface area contributed by atoms with E-state index < -0.39 is 0 Å². The van der Waals surface area contributed by atoms with E-state index in [4.69, 9.17) is 0 Å². The van der Waals surface area contributed by atoms with Gasteiger partial charge in [-0.15, -0.1) is 0 Å². The Hall–Kier alpha value is -3.39. The fourth-order valence-corrected chi connectivity index (χ4v) is 2.25. The van der Waals surface area contributed by atoms with Crippen LogP contribution in [0.15, 0.2) is 55.0 Å². The minimum atomic E-state index is -0.188. The Kier molecular flexibility index (Phi) is 4.39. The van der Waals surface area contributed by atoms with Gasteiger partial charge in [0.1, 0.15) is 5.69 Å². The molecular formula is C19H16N4O. The molecule has 3 aromatic rings. The quantitative estimate of drug-likeness (QED) is 0.740. The standard InChI is InChI=1S/C19H16N4O/c1-14-12-15(5-6-16-4-3-10-20-13-16)7-8-17(14)22-19(24)18-9-11-21-23(18)2/h3-4,7-13H,1-2H3,(H,22,24). The van der Waals surface area contributed by atoms with Gasteiger partial charge >= 0.3 is 0 Å². The predicted octanol–water partition coefficient (Wildman–Crippen LogP) is 2.78. The Balaban J connectivity index is 1.77. The van der Waals surface area contributed by atoms with Crippen LogP contribution in [0.4, 0.5) is 5.69 Å². The van der Waals surface area contributed by atoms with Crippen LogP contribution in [-0.2, 0) is 7.05 Å². The van der Waals surface area contributed by atoms with E-state index in [1.165, 1.54) is 0 Å². The molecule has 0 aliphatic carbocycles. The number of nitrogens with one attached hydrogen (secondary N) is 1. The van der Waals surface area contributed by atoms with Crippen LogP contribution < -0.4 is 5.32 Å². The molecule has 0 aliphatic heterocycles. The maximum atomic E-state index is 12.2. The first-order chi connectivity index (χ1) is 11.6. The van der Waals surface area contributed by atoms with Gasteiger partial charge in [0.15, 0.2) is 0 Å². The van der Waals surface area contributed by atoms with E-state index in [1.54, 1.807) is 36.4 Å². The maximum absolute atomic E-state index is 12.2. The van der Waals surface area contributed by atoms with Crippen LogP contribution in [0.25, 0.3) is 0 Å². The Morgan fingerprint density at radius 3 is 2.62 bits per heavy atom. The van der Waals surface area contributed by atoms with Crippen molar-refractivity contribution in [3.05, 3.63) is 77.4 Å². The van der Waals surface area contributed by atoms with E-state index >= 15 is 0 Å². The minimum Gasteiger partial charge on any atom is -0.320 e. The molecule has 0 spiro atoms. The summed E-state index contributed by atoms with van der Waals surface area (Å²) in [5.74, 6) is 5.98. The Morgan fingerprint density at radius 1 is 1.12 bits per heavy atom. The number of carbonyl (C=O) groups excluding carboxylic acids is 1. The minimum absolute atomic E-state index is 0.188. The summed E-state index contributed by atoms with van der Waals surface area (Å²) in [7, 11) is 1.74. The van der Waals surface area contributed by atoms with Crippen molar-refractivity contribution < 1.29 is 4.79 Å². The molecule has 0 aliphatic rings. The van der Waals surface area contributed by atoms with Gasteiger partial charge in [-0.05, 0) is 48.9 Å². The molecule has 0 bridgehead atoms. The van der Waals surface area contributed by atoms with Crippen molar-refractivity contribution in [1.29, 1.82) is 0 Å². The zero-order chi connectivity index (χ0) is 16.9. The molecule has 2 aromatic heterocycles. The number of nitrogens with zero attached hydrogens (tertiary/aromatic N) is 3. The van der Waals surface area contributed by atoms with Gasteiger partial charge in [-0.3, -0.25) is 14.5 Å². The third-order valence-electron chi connectivity index (χ3n) is 3.54. The average Bonchev–Trinajstić information content (AvgIpc) is 3.02. The van der Waals surface area contributed by atoms with Crippen molar-refractivity contribution in [3.63, 3.8) is 0 Å². The number of benzene rings is 1. The lowest BCUT2D eigenvalue weighted by Crippen LogP contribution is -2.16. The van der Waals surface area contributed by atoms with E-state index in [2.05, 4.69) is 27.2 Å². The molecular weight excluding hydrogens is 300 g/mol. The molecule has 0 radical (unpaired) electrons. The number of anilines is 1. The number of hydrogen-bond acceptors (Lipinski definition) is 3. The summed E-state index contributed by atoms with van der Waals surface area (Å²) < 4.78 is 1.54. The number of aromatic nitrogens is 3. The number of amides is 1. The van der Waals surface area contributed by atoms with Gasteiger partial charge in [-0.2, -0.15) is 5.10 Å². The molecule has 1 N–H and O–H groups in total. The zero-order valence-corrected chi connectivity index (χ0v) is 13.4. The smallest absolute Gasteiger partial charge is 0.273 e.